The number of nitrogens with zero attached hydrogens (tertiary/aromatic N) is 3. The van der Waals surface area contributed by atoms with Crippen LogP contribution < -0.4 is 5.09 Å². The van der Waals surface area contributed by atoms with Crippen molar-refractivity contribution in [2.24, 2.45) is 13.5 Å². The van der Waals surface area contributed by atoms with Gasteiger partial charge in [0, 0.05) is 0 Å². The van der Waals surface area contributed by atoms with E-state index in [2.05, 4.69) is 18.6 Å². The first kappa shape index (κ1) is 17.6. The van der Waals surface area contributed by atoms with E-state index in [1.54, 1.807) is 6.92 Å². The lowest BCUT2D eigenvalue weighted by Gasteiger charge is -2.21. The molecule has 1 unspecified atom stereocenters. The van der Waals surface area contributed by atoms with Gasteiger partial charge in [-0.25, -0.2) is 5.09 Å². The average Bonchev–Trinajstić information content (AvgIpc) is 2.09. The Morgan fingerprint density at radius 3 is 2.17 bits per heavy atom. The number of nitrogens with one attached hydrogen (secondary N) is 1. The van der Waals surface area contributed by atoms with Gasteiger partial charge in [-0.1, -0.05) is 0 Å². The van der Waals surface area contributed by atoms with E-state index in [4.69, 9.17) is 60.9 Å². The summed E-state index contributed by atoms with van der Waals surface area (Å²) >= 11 is 29.5. The fourth-order valence-electron chi connectivity index (χ4n) is 0.909. The van der Waals surface area contributed by atoms with E-state index in [1.165, 1.54) is 0 Å². The van der Waals surface area contributed by atoms with Crippen LogP contribution in [0.1, 0.15) is 6.92 Å². The summed E-state index contributed by atoms with van der Waals surface area (Å²) in [6, 6.07) is 0. The number of carbonyl (C=O) groups is 1. The Hall–Kier alpha value is 1.57. The van der Waals surface area contributed by atoms with Crippen LogP contribution in [0.3, 0.4) is 0 Å². The second kappa shape index (κ2) is 6.56. The van der Waals surface area contributed by atoms with E-state index in [9.17, 15) is 4.79 Å². The van der Waals surface area contributed by atoms with E-state index < -0.39 is 24.5 Å². The first-order chi connectivity index (χ1) is 8.08. The molecule has 1 aliphatic rings. The molecule has 0 aromatic rings. The molecule has 0 spiro atoms. The summed E-state index contributed by atoms with van der Waals surface area (Å²) < 4.78 is 16.3. The minimum Gasteiger partial charge on any atom is -0.465 e. The number of carbonyl (C=O) groups excluding carboxylic acids is 1. The van der Waals surface area contributed by atoms with Gasteiger partial charge in [-0.15, -0.1) is 0 Å². The summed E-state index contributed by atoms with van der Waals surface area (Å²) in [7, 11) is 0. The molecule has 1 atom stereocenters. The normalized spacial score (nSPS) is 28.6. The Labute approximate surface area is 128 Å². The van der Waals surface area contributed by atoms with Crippen LogP contribution in [0.2, 0.25) is 0 Å². The SMILES string of the molecule is CCOC(=O)CNP1(Cl)=NP(Cl)(Cl)=NP(Cl)(Cl)=N1. The zero-order valence-corrected chi connectivity index (χ0v) is 15.3. The first-order valence-electron chi connectivity index (χ1n) is 4.38. The average molecular weight is 414 g/mol. The summed E-state index contributed by atoms with van der Waals surface area (Å²) in [6.45, 7) is -1.30. The predicted molar refractivity (Wildman–Crippen MR) is 81.9 cm³/mol. The summed E-state index contributed by atoms with van der Waals surface area (Å²) in [5, 5.41) is 2.62. The molecule has 0 bridgehead atoms. The van der Waals surface area contributed by atoms with Crippen LogP contribution in [0, 0.1) is 0 Å². The zero-order valence-electron chi connectivity index (χ0n) is 8.80. The Morgan fingerprint density at radius 2 is 1.67 bits per heavy atom. The molecule has 18 heavy (non-hydrogen) atoms. The van der Waals surface area contributed by atoms with Gasteiger partial charge in [0.1, 0.15) is 6.54 Å². The third-order valence-corrected chi connectivity index (χ3v) is 13.7. The van der Waals surface area contributed by atoms with Gasteiger partial charge in [0.2, 0.25) is 6.71 Å². The van der Waals surface area contributed by atoms with E-state index in [-0.39, 0.29) is 13.2 Å². The molecule has 1 N–H and O–H groups in total. The topological polar surface area (TPSA) is 75.4 Å². The molecule has 1 rings (SSSR count). The molecular formula is C4H8Cl5N4O2P3. The molecule has 0 fully saturated rings. The van der Waals surface area contributed by atoms with E-state index in [1.807, 2.05) is 0 Å². The monoisotopic (exact) mass is 412 g/mol. The van der Waals surface area contributed by atoms with Crippen LogP contribution in [0.25, 0.3) is 0 Å². The summed E-state index contributed by atoms with van der Waals surface area (Å²) in [6.07, 6.45) is 0. The smallest absolute Gasteiger partial charge is 0.320 e. The summed E-state index contributed by atoms with van der Waals surface area (Å²) in [5.74, 6) is -6.64. The molecular weight excluding hydrogens is 406 g/mol. The van der Waals surface area contributed by atoms with Crippen molar-refractivity contribution in [3.63, 3.8) is 0 Å². The van der Waals surface area contributed by atoms with Gasteiger partial charge in [0.15, 0.2) is 0 Å². The highest BCUT2D eigenvalue weighted by Gasteiger charge is 2.32. The molecule has 0 aliphatic carbocycles. The lowest BCUT2D eigenvalue weighted by molar-refractivity contribution is -0.141. The Kier molecular flexibility index (Phi) is 6.42. The van der Waals surface area contributed by atoms with Gasteiger partial charge in [-0.05, 0) is 63.1 Å². The molecule has 14 heteroatoms. The fraction of sp³-hybridized carbons (Fsp3) is 0.750. The minimum absolute atomic E-state index is 0.195. The highest BCUT2D eigenvalue weighted by atomic mass is 35.9. The van der Waals surface area contributed by atoms with Crippen LogP contribution in [0.5, 0.6) is 0 Å². The van der Waals surface area contributed by atoms with Gasteiger partial charge >= 0.3 is 5.97 Å². The Balaban J connectivity index is 2.95. The van der Waals surface area contributed by atoms with Crippen LogP contribution in [-0.2, 0) is 9.53 Å². The van der Waals surface area contributed by atoms with Crippen molar-refractivity contribution in [3.8, 4) is 0 Å². The van der Waals surface area contributed by atoms with Crippen molar-refractivity contribution in [3.05, 3.63) is 0 Å². The Morgan fingerprint density at radius 1 is 1.11 bits per heavy atom. The van der Waals surface area contributed by atoms with Crippen molar-refractivity contribution in [1.29, 1.82) is 0 Å². The molecule has 0 radical (unpaired) electrons. The predicted octanol–water partition coefficient (Wildman–Crippen LogP) is 6.19. The van der Waals surface area contributed by atoms with Crippen molar-refractivity contribution < 1.29 is 9.53 Å². The second-order valence-electron chi connectivity index (χ2n) is 2.84. The largest absolute Gasteiger partial charge is 0.465 e. The maximum atomic E-state index is 11.2. The Bertz CT molecular complexity index is 501. The summed E-state index contributed by atoms with van der Waals surface area (Å²) in [4.78, 5) is 11.2. The van der Waals surface area contributed by atoms with Crippen LogP contribution in [0.4, 0.5) is 0 Å². The van der Waals surface area contributed by atoms with Gasteiger partial charge < -0.3 is 4.74 Å². The third kappa shape index (κ3) is 5.91. The van der Waals surface area contributed by atoms with Gasteiger partial charge in [0.25, 0.3) is 11.8 Å². The van der Waals surface area contributed by atoms with Crippen molar-refractivity contribution in [2.75, 3.05) is 13.2 Å². The van der Waals surface area contributed by atoms with Crippen molar-refractivity contribution >= 4 is 80.7 Å². The van der Waals surface area contributed by atoms with E-state index in [0.29, 0.717) is 0 Å². The molecule has 1 aliphatic heterocycles. The lowest BCUT2D eigenvalue weighted by Crippen LogP contribution is -2.20. The van der Waals surface area contributed by atoms with Crippen LogP contribution in [0.15, 0.2) is 13.5 Å². The third-order valence-electron chi connectivity index (χ3n) is 1.40. The highest BCUT2D eigenvalue weighted by Crippen LogP contribution is 2.85. The molecule has 0 aromatic carbocycles. The summed E-state index contributed by atoms with van der Waals surface area (Å²) in [5.41, 5.74) is 0. The van der Waals surface area contributed by atoms with Crippen LogP contribution in [-0.4, -0.2) is 19.1 Å². The molecule has 0 aromatic heterocycles. The van der Waals surface area contributed by atoms with Crippen molar-refractivity contribution in [2.45, 2.75) is 6.92 Å². The van der Waals surface area contributed by atoms with Crippen LogP contribution >= 0.6 is 74.7 Å². The molecule has 1 heterocycles. The van der Waals surface area contributed by atoms with E-state index >= 15 is 0 Å². The quantitative estimate of drug-likeness (QED) is 0.441. The number of rotatable bonds is 4. The molecule has 0 saturated carbocycles. The number of hydrogen-bond donors (Lipinski definition) is 1. The standard InChI is InChI=1S/C4H8Cl5N4O2P3/c1-2-15-4(14)3-10-18(9)12-16(5,6)11-17(7,8)13-18/h10H,2-3H2,1H3. The van der Waals surface area contributed by atoms with E-state index in [0.717, 1.165) is 0 Å². The number of ether oxygens (including phenoxy) is 1. The maximum absolute atomic E-state index is 11.2. The number of hydrogen-bond acceptors (Lipinski definition) is 6. The number of esters is 1. The van der Waals surface area contributed by atoms with Gasteiger partial charge in [-0.2, -0.15) is 13.5 Å². The van der Waals surface area contributed by atoms with Crippen molar-refractivity contribution in [1.82, 2.24) is 5.09 Å². The maximum Gasteiger partial charge on any atom is 0.320 e. The molecule has 0 saturated heterocycles. The fourth-order valence-corrected chi connectivity index (χ4v) is 17.9. The molecule has 106 valence electrons. The zero-order chi connectivity index (χ0) is 14.0. The molecule has 6 nitrogen and oxygen atoms in total. The molecule has 0 amide bonds. The number of halogens is 5. The second-order valence-corrected chi connectivity index (χ2v) is 16.3. The van der Waals surface area contributed by atoms with Gasteiger partial charge in [0.05, 0.1) is 6.61 Å². The highest BCUT2D eigenvalue weighted by molar-refractivity contribution is 8.22. The minimum atomic E-state index is -3.07. The first-order valence-corrected chi connectivity index (χ1v) is 14.0. The van der Waals surface area contributed by atoms with Gasteiger partial charge in [-0.3, -0.25) is 4.79 Å². The lowest BCUT2D eigenvalue weighted by atomic mass is 10.7.